The molecule has 0 unspecified atom stereocenters. The fourth-order valence-electron chi connectivity index (χ4n) is 3.31. The van der Waals surface area contributed by atoms with Crippen LogP contribution in [-0.2, 0) is 12.8 Å². The van der Waals surface area contributed by atoms with E-state index in [1.165, 1.54) is 52.0 Å². The van der Waals surface area contributed by atoms with Crippen LogP contribution in [0.1, 0.15) is 24.0 Å². The summed E-state index contributed by atoms with van der Waals surface area (Å²) < 4.78 is 0. The van der Waals surface area contributed by atoms with E-state index < -0.39 is 0 Å². The molecule has 2 aromatic rings. The van der Waals surface area contributed by atoms with Crippen molar-refractivity contribution in [3.63, 3.8) is 0 Å². The lowest BCUT2D eigenvalue weighted by Crippen LogP contribution is -2.33. The highest BCUT2D eigenvalue weighted by atomic mass is 14.2. The van der Waals surface area contributed by atoms with Crippen molar-refractivity contribution < 1.29 is 0 Å². The third-order valence-corrected chi connectivity index (χ3v) is 4.21. The van der Waals surface area contributed by atoms with Gasteiger partial charge < -0.3 is 0 Å². The van der Waals surface area contributed by atoms with Crippen molar-refractivity contribution in [3.8, 4) is 11.1 Å². The van der Waals surface area contributed by atoms with E-state index in [9.17, 15) is 0 Å². The molecule has 0 atom stereocenters. The van der Waals surface area contributed by atoms with Crippen LogP contribution in [0, 0.1) is 0 Å². The predicted molar refractivity (Wildman–Crippen MR) is 76.7 cm³/mol. The third kappa shape index (κ3) is 1.38. The van der Waals surface area contributed by atoms with Crippen LogP contribution in [0.15, 0.2) is 36.4 Å². The average Bonchev–Trinajstić information content (AvgIpc) is 2.46. The van der Waals surface area contributed by atoms with Crippen LogP contribution in [0.2, 0.25) is 0 Å². The highest BCUT2D eigenvalue weighted by molar-refractivity contribution is 5.74. The van der Waals surface area contributed by atoms with E-state index in [1.54, 1.807) is 0 Å². The van der Waals surface area contributed by atoms with Gasteiger partial charge in [-0.1, -0.05) is 48.6 Å². The molecule has 0 saturated carbocycles. The van der Waals surface area contributed by atoms with Gasteiger partial charge in [0.1, 0.15) is 0 Å². The lowest BCUT2D eigenvalue weighted by Gasteiger charge is -2.17. The average molecular weight is 232 g/mol. The van der Waals surface area contributed by atoms with Gasteiger partial charge in [0.05, 0.1) is 0 Å². The fourth-order valence-corrected chi connectivity index (χ4v) is 3.31. The predicted octanol–water partition coefficient (Wildman–Crippen LogP) is 2.81. The minimum atomic E-state index is 1.08. The van der Waals surface area contributed by atoms with E-state index in [4.69, 9.17) is 0 Å². The molecular weight excluding hydrogens is 216 g/mol. The standard InChI is InChI=1S/C18H16/c1-3-7-15-13(5-1)9-11-18-16-8-4-2-6-14(16)10-12-17(15)18/h1,3,5,7-8,10-12H,2,4,6,9H2. The highest BCUT2D eigenvalue weighted by Crippen LogP contribution is 2.24. The second-order valence-electron chi connectivity index (χ2n) is 5.26. The Morgan fingerprint density at radius 3 is 2.67 bits per heavy atom. The van der Waals surface area contributed by atoms with E-state index in [0.29, 0.717) is 0 Å². The molecule has 0 N–H and O–H groups in total. The van der Waals surface area contributed by atoms with E-state index in [1.807, 2.05) is 0 Å². The maximum Gasteiger partial charge on any atom is -0.00819 e. The topological polar surface area (TPSA) is 0 Å². The highest BCUT2D eigenvalue weighted by Gasteiger charge is 2.13. The van der Waals surface area contributed by atoms with Gasteiger partial charge >= 0.3 is 0 Å². The van der Waals surface area contributed by atoms with Gasteiger partial charge in [-0.25, -0.2) is 0 Å². The minimum Gasteiger partial charge on any atom is -0.0764 e. The lowest BCUT2D eigenvalue weighted by atomic mass is 9.87. The Morgan fingerprint density at radius 2 is 1.67 bits per heavy atom. The Labute approximate surface area is 107 Å². The van der Waals surface area contributed by atoms with Crippen LogP contribution in [0.5, 0.6) is 0 Å². The summed E-state index contributed by atoms with van der Waals surface area (Å²) in [6.07, 6.45) is 9.71. The van der Waals surface area contributed by atoms with Gasteiger partial charge in [0.2, 0.25) is 0 Å². The summed E-state index contributed by atoms with van der Waals surface area (Å²) in [6, 6.07) is 13.5. The zero-order valence-corrected chi connectivity index (χ0v) is 10.4. The van der Waals surface area contributed by atoms with Crippen molar-refractivity contribution >= 4 is 12.2 Å². The SMILES string of the molecule is C1=c2c(ccc3c2=CCc2ccccc2-3)CCC1. The Balaban J connectivity index is 2.09. The molecule has 0 radical (unpaired) electrons. The lowest BCUT2D eigenvalue weighted by molar-refractivity contribution is 0.834. The van der Waals surface area contributed by atoms with Crippen LogP contribution >= 0.6 is 0 Å². The number of aryl methyl sites for hydroxylation is 1. The number of benzene rings is 2. The quantitative estimate of drug-likeness (QED) is 0.655. The number of fused-ring (bicyclic) bond motifs is 5. The third-order valence-electron chi connectivity index (χ3n) is 4.21. The number of rotatable bonds is 0. The molecule has 0 spiro atoms. The van der Waals surface area contributed by atoms with Gasteiger partial charge in [-0.15, -0.1) is 0 Å². The minimum absolute atomic E-state index is 1.08. The Bertz CT molecular complexity index is 735. The van der Waals surface area contributed by atoms with Crippen LogP contribution in [0.25, 0.3) is 23.3 Å². The van der Waals surface area contributed by atoms with Gasteiger partial charge in [-0.3, -0.25) is 0 Å². The maximum absolute atomic E-state index is 2.43. The zero-order chi connectivity index (χ0) is 11.9. The molecule has 88 valence electrons. The van der Waals surface area contributed by atoms with Crippen LogP contribution < -0.4 is 10.4 Å². The molecule has 0 heterocycles. The largest absolute Gasteiger partial charge is 0.0764 e. The van der Waals surface area contributed by atoms with Crippen LogP contribution in [0.4, 0.5) is 0 Å². The van der Waals surface area contributed by atoms with Crippen LogP contribution in [-0.4, -0.2) is 0 Å². The van der Waals surface area contributed by atoms with Crippen molar-refractivity contribution in [3.05, 3.63) is 58.0 Å². The molecule has 0 aromatic heterocycles. The number of hydrogen-bond donors (Lipinski definition) is 0. The monoisotopic (exact) mass is 232 g/mol. The maximum atomic E-state index is 2.43. The number of hydrogen-bond acceptors (Lipinski definition) is 0. The molecule has 0 aliphatic heterocycles. The first-order chi connectivity index (χ1) is 8.93. The molecule has 0 nitrogen and oxygen atoms in total. The van der Waals surface area contributed by atoms with Gasteiger partial charge in [-0.2, -0.15) is 0 Å². The summed E-state index contributed by atoms with van der Waals surface area (Å²) in [4.78, 5) is 0. The molecule has 0 fully saturated rings. The van der Waals surface area contributed by atoms with Crippen molar-refractivity contribution in [2.24, 2.45) is 0 Å². The van der Waals surface area contributed by atoms with Crippen molar-refractivity contribution in [2.45, 2.75) is 25.7 Å². The van der Waals surface area contributed by atoms with E-state index in [-0.39, 0.29) is 0 Å². The fraction of sp³-hybridized carbons (Fsp3) is 0.222. The van der Waals surface area contributed by atoms with Gasteiger partial charge in [0.15, 0.2) is 0 Å². The zero-order valence-electron chi connectivity index (χ0n) is 10.4. The Morgan fingerprint density at radius 1 is 0.722 bits per heavy atom. The van der Waals surface area contributed by atoms with Crippen LogP contribution in [0.3, 0.4) is 0 Å². The second-order valence-corrected chi connectivity index (χ2v) is 5.26. The van der Waals surface area contributed by atoms with E-state index >= 15 is 0 Å². The van der Waals surface area contributed by atoms with Crippen molar-refractivity contribution in [1.29, 1.82) is 0 Å². The molecule has 2 aliphatic carbocycles. The molecular formula is C18H16. The molecule has 18 heavy (non-hydrogen) atoms. The summed E-state index contributed by atoms with van der Waals surface area (Å²) in [6.45, 7) is 0. The second kappa shape index (κ2) is 3.84. The first-order valence-corrected chi connectivity index (χ1v) is 6.84. The Kier molecular flexibility index (Phi) is 2.16. The Hall–Kier alpha value is -1.82. The first-order valence-electron chi connectivity index (χ1n) is 6.84. The molecule has 0 bridgehead atoms. The molecule has 2 aromatic carbocycles. The van der Waals surface area contributed by atoms with Gasteiger partial charge in [0.25, 0.3) is 0 Å². The summed E-state index contributed by atoms with van der Waals surface area (Å²) in [5.74, 6) is 0. The van der Waals surface area contributed by atoms with Crippen molar-refractivity contribution in [1.82, 2.24) is 0 Å². The molecule has 0 amide bonds. The van der Waals surface area contributed by atoms with E-state index in [0.717, 1.165) is 6.42 Å². The molecule has 4 rings (SSSR count). The van der Waals surface area contributed by atoms with Crippen molar-refractivity contribution in [2.75, 3.05) is 0 Å². The van der Waals surface area contributed by atoms with E-state index in [2.05, 4.69) is 48.6 Å². The summed E-state index contributed by atoms with van der Waals surface area (Å²) in [7, 11) is 0. The summed E-state index contributed by atoms with van der Waals surface area (Å²) in [5, 5.41) is 2.99. The molecule has 0 saturated heterocycles. The normalized spacial score (nSPS) is 15.8. The summed E-state index contributed by atoms with van der Waals surface area (Å²) >= 11 is 0. The van der Waals surface area contributed by atoms with Gasteiger partial charge in [-0.05, 0) is 58.4 Å². The smallest absolute Gasteiger partial charge is 0.00819 e. The first kappa shape index (κ1) is 10.1. The van der Waals surface area contributed by atoms with Gasteiger partial charge in [0, 0.05) is 0 Å². The molecule has 0 heteroatoms. The molecule has 2 aliphatic rings. The summed E-state index contributed by atoms with van der Waals surface area (Å²) in [5.41, 5.74) is 5.85.